The number of benzene rings is 2. The van der Waals surface area contributed by atoms with Crippen LogP contribution < -0.4 is 4.90 Å². The van der Waals surface area contributed by atoms with Crippen LogP contribution in [0.2, 0.25) is 5.02 Å². The fourth-order valence-electron chi connectivity index (χ4n) is 2.94. The first kappa shape index (κ1) is 15.6. The van der Waals surface area contributed by atoms with Gasteiger partial charge in [0, 0.05) is 33.9 Å². The first-order chi connectivity index (χ1) is 11.1. The lowest BCUT2D eigenvalue weighted by Crippen LogP contribution is -2.32. The van der Waals surface area contributed by atoms with Gasteiger partial charge in [-0.2, -0.15) is 0 Å². The van der Waals surface area contributed by atoms with Crippen molar-refractivity contribution < 1.29 is 4.79 Å². The Balaban J connectivity index is 1.93. The summed E-state index contributed by atoms with van der Waals surface area (Å²) in [6.07, 6.45) is 0.356. The van der Waals surface area contributed by atoms with E-state index in [-0.39, 0.29) is 5.91 Å². The van der Waals surface area contributed by atoms with Gasteiger partial charge in [-0.1, -0.05) is 29.8 Å². The number of carbonyl (C=O) groups excluding carboxylic acids is 1. The van der Waals surface area contributed by atoms with E-state index in [0.717, 1.165) is 27.8 Å². The normalized spacial score (nSPS) is 10.9. The van der Waals surface area contributed by atoms with E-state index in [1.54, 1.807) is 0 Å². The SMILES string of the molecule is CCN(C(=O)Cc1c(C)[nH]c2ccc(Cl)cc12)c1ccccc1. The van der Waals surface area contributed by atoms with Crippen molar-refractivity contribution in [2.75, 3.05) is 11.4 Å². The molecule has 0 aliphatic carbocycles. The smallest absolute Gasteiger partial charge is 0.231 e. The highest BCUT2D eigenvalue weighted by Crippen LogP contribution is 2.26. The summed E-state index contributed by atoms with van der Waals surface area (Å²) >= 11 is 6.11. The predicted octanol–water partition coefficient (Wildman–Crippen LogP) is 4.73. The van der Waals surface area contributed by atoms with Crippen LogP contribution >= 0.6 is 11.6 Å². The molecule has 0 fully saturated rings. The monoisotopic (exact) mass is 326 g/mol. The summed E-state index contributed by atoms with van der Waals surface area (Å²) in [6, 6.07) is 15.5. The van der Waals surface area contributed by atoms with Crippen LogP contribution in [0.1, 0.15) is 18.2 Å². The molecule has 118 valence electrons. The van der Waals surface area contributed by atoms with Gasteiger partial charge in [0.2, 0.25) is 5.91 Å². The van der Waals surface area contributed by atoms with Gasteiger partial charge in [0.15, 0.2) is 0 Å². The molecule has 1 heterocycles. The minimum Gasteiger partial charge on any atom is -0.358 e. The third-order valence-electron chi connectivity index (χ3n) is 4.09. The van der Waals surface area contributed by atoms with E-state index in [1.165, 1.54) is 0 Å². The zero-order valence-corrected chi connectivity index (χ0v) is 14.0. The lowest BCUT2D eigenvalue weighted by molar-refractivity contribution is -0.117. The van der Waals surface area contributed by atoms with Crippen LogP contribution in [0.5, 0.6) is 0 Å². The molecule has 0 aliphatic rings. The summed E-state index contributed by atoms with van der Waals surface area (Å²) in [7, 11) is 0. The van der Waals surface area contributed by atoms with Crippen LogP contribution in [0.4, 0.5) is 5.69 Å². The van der Waals surface area contributed by atoms with E-state index in [2.05, 4.69) is 4.98 Å². The van der Waals surface area contributed by atoms with Crippen LogP contribution in [-0.2, 0) is 11.2 Å². The van der Waals surface area contributed by atoms with E-state index in [0.29, 0.717) is 18.0 Å². The zero-order chi connectivity index (χ0) is 16.4. The number of halogens is 1. The topological polar surface area (TPSA) is 36.1 Å². The maximum atomic E-state index is 12.8. The van der Waals surface area contributed by atoms with E-state index in [4.69, 9.17) is 11.6 Å². The van der Waals surface area contributed by atoms with Crippen LogP contribution in [0.15, 0.2) is 48.5 Å². The third kappa shape index (κ3) is 3.10. The van der Waals surface area contributed by atoms with Gasteiger partial charge in [-0.25, -0.2) is 0 Å². The number of para-hydroxylation sites is 1. The number of anilines is 1. The van der Waals surface area contributed by atoms with Gasteiger partial charge in [-0.3, -0.25) is 4.79 Å². The molecule has 0 spiro atoms. The van der Waals surface area contributed by atoms with Gasteiger partial charge < -0.3 is 9.88 Å². The second kappa shape index (κ2) is 6.47. The molecule has 0 unspecified atom stereocenters. The summed E-state index contributed by atoms with van der Waals surface area (Å²) in [6.45, 7) is 4.63. The first-order valence-corrected chi connectivity index (χ1v) is 8.10. The highest BCUT2D eigenvalue weighted by Gasteiger charge is 2.18. The van der Waals surface area contributed by atoms with Gasteiger partial charge in [0.25, 0.3) is 0 Å². The fourth-order valence-corrected chi connectivity index (χ4v) is 3.11. The number of carbonyl (C=O) groups is 1. The Morgan fingerprint density at radius 1 is 1.17 bits per heavy atom. The number of amides is 1. The van der Waals surface area contributed by atoms with Gasteiger partial charge in [-0.05, 0) is 49.7 Å². The average Bonchev–Trinajstić information content (AvgIpc) is 2.85. The van der Waals surface area contributed by atoms with Crippen molar-refractivity contribution in [2.24, 2.45) is 0 Å². The number of likely N-dealkylation sites (N-methyl/N-ethyl adjacent to an activating group) is 1. The Bertz CT molecular complexity index is 839. The Hall–Kier alpha value is -2.26. The first-order valence-electron chi connectivity index (χ1n) is 7.72. The Morgan fingerprint density at radius 2 is 1.91 bits per heavy atom. The Labute approximate surface area is 140 Å². The lowest BCUT2D eigenvalue weighted by Gasteiger charge is -2.21. The number of aromatic nitrogens is 1. The molecule has 0 radical (unpaired) electrons. The quantitative estimate of drug-likeness (QED) is 0.739. The molecule has 23 heavy (non-hydrogen) atoms. The number of aryl methyl sites for hydroxylation is 1. The molecule has 4 heteroatoms. The van der Waals surface area contributed by atoms with Gasteiger partial charge in [0.05, 0.1) is 6.42 Å². The number of H-pyrrole nitrogens is 1. The summed E-state index contributed by atoms with van der Waals surface area (Å²) < 4.78 is 0. The standard InChI is InChI=1S/C19H19ClN2O/c1-3-22(15-7-5-4-6-8-15)19(23)12-16-13(2)21-18-10-9-14(20)11-17(16)18/h4-11,21H,3,12H2,1-2H3. The van der Waals surface area contributed by atoms with E-state index < -0.39 is 0 Å². The summed E-state index contributed by atoms with van der Waals surface area (Å²) in [5.74, 6) is 0.0858. The molecule has 0 bridgehead atoms. The van der Waals surface area contributed by atoms with Gasteiger partial charge >= 0.3 is 0 Å². The molecule has 0 saturated carbocycles. The number of fused-ring (bicyclic) bond motifs is 1. The van der Waals surface area contributed by atoms with Crippen molar-refractivity contribution in [3.63, 3.8) is 0 Å². The summed E-state index contributed by atoms with van der Waals surface area (Å²) in [5.41, 5.74) is 3.97. The van der Waals surface area contributed by atoms with Crippen molar-refractivity contribution in [1.82, 2.24) is 4.98 Å². The predicted molar refractivity (Wildman–Crippen MR) is 96.2 cm³/mol. The fraction of sp³-hybridized carbons (Fsp3) is 0.211. The van der Waals surface area contributed by atoms with Crippen LogP contribution in [0.3, 0.4) is 0 Å². The van der Waals surface area contributed by atoms with Gasteiger partial charge in [-0.15, -0.1) is 0 Å². The minimum atomic E-state index is 0.0858. The maximum Gasteiger partial charge on any atom is 0.231 e. The Morgan fingerprint density at radius 3 is 2.61 bits per heavy atom. The molecule has 1 amide bonds. The molecule has 3 aromatic rings. The largest absolute Gasteiger partial charge is 0.358 e. The Kier molecular flexibility index (Phi) is 4.39. The second-order valence-corrected chi connectivity index (χ2v) is 6.01. The maximum absolute atomic E-state index is 12.8. The van der Waals surface area contributed by atoms with E-state index >= 15 is 0 Å². The summed E-state index contributed by atoms with van der Waals surface area (Å²) in [4.78, 5) is 17.9. The number of aromatic amines is 1. The molecule has 3 rings (SSSR count). The molecule has 0 atom stereocenters. The van der Waals surface area contributed by atoms with Crippen LogP contribution in [0, 0.1) is 6.92 Å². The van der Waals surface area contributed by atoms with Crippen molar-refractivity contribution in [3.8, 4) is 0 Å². The molecule has 2 aromatic carbocycles. The lowest BCUT2D eigenvalue weighted by atomic mass is 10.1. The van der Waals surface area contributed by atoms with Gasteiger partial charge in [0.1, 0.15) is 0 Å². The van der Waals surface area contributed by atoms with Crippen LogP contribution in [-0.4, -0.2) is 17.4 Å². The second-order valence-electron chi connectivity index (χ2n) is 5.57. The number of rotatable bonds is 4. The third-order valence-corrected chi connectivity index (χ3v) is 4.33. The van der Waals surface area contributed by atoms with Crippen LogP contribution in [0.25, 0.3) is 10.9 Å². The number of hydrogen-bond acceptors (Lipinski definition) is 1. The molecule has 1 N–H and O–H groups in total. The molecule has 0 aliphatic heterocycles. The minimum absolute atomic E-state index is 0.0858. The summed E-state index contributed by atoms with van der Waals surface area (Å²) in [5, 5.41) is 1.70. The van der Waals surface area contributed by atoms with E-state index in [1.807, 2.05) is 67.3 Å². The molecule has 0 saturated heterocycles. The number of hydrogen-bond donors (Lipinski definition) is 1. The van der Waals surface area contributed by atoms with Crippen molar-refractivity contribution >= 4 is 34.1 Å². The average molecular weight is 327 g/mol. The van der Waals surface area contributed by atoms with Crippen molar-refractivity contribution in [3.05, 3.63) is 64.8 Å². The zero-order valence-electron chi connectivity index (χ0n) is 13.3. The highest BCUT2D eigenvalue weighted by atomic mass is 35.5. The van der Waals surface area contributed by atoms with Crippen molar-refractivity contribution in [2.45, 2.75) is 20.3 Å². The molecule has 3 nitrogen and oxygen atoms in total. The molecular formula is C19H19ClN2O. The molecular weight excluding hydrogens is 308 g/mol. The highest BCUT2D eigenvalue weighted by molar-refractivity contribution is 6.31. The molecule has 1 aromatic heterocycles. The number of nitrogens with zero attached hydrogens (tertiary/aromatic N) is 1. The van der Waals surface area contributed by atoms with Crippen molar-refractivity contribution in [1.29, 1.82) is 0 Å². The number of nitrogens with one attached hydrogen (secondary N) is 1. The van der Waals surface area contributed by atoms with E-state index in [9.17, 15) is 4.79 Å².